The minimum absolute atomic E-state index is 0.000755. The number of Topliss-reactive ketones (excluding diaryl/α,β-unsaturated/α-hetero) is 1. The smallest absolute Gasteiger partial charge is 0.290 e. The minimum Gasteiger partial charge on any atom is -0.293 e. The molecule has 0 saturated carbocycles. The molecule has 0 aliphatic carbocycles. The van der Waals surface area contributed by atoms with Crippen molar-refractivity contribution < 1.29 is 57.5 Å². The monoisotopic (exact) mass is 1740 g/mol. The standard InChI is InChI=1S/C21H37NO2S.C19H33NO2S.C15H25NO2S.C14H23NO2S.C14H22O2S.C11H17NO2S/c1-2-3-4-5-6-7-8-9-10-11-12-13-14-15-16-17-18-19-20(23)22-21(24)25-19;1-2-3-4-5-6-7-8-9-10-11-12-13-14-15-16-17-18(21)20-19(22)23-17;1-2-3-4-5-6-7-8-9-10-11-12-13-14(17)16-15(18)19-13;1-2-3-4-5-6-7-8-9-10-11-12-13(16)15-14(17)18-12;1-2-3-4-5-6-7-8-9-10-13-12(15)11-14(16)17-13;1-2-3-4-5-6-7-8-9-10(13)12-11(14)15-9/h18H,2-17H2,1H3,(H,22,23,24);16H,2-15H2,1H3,(H,20,21,22);12H,2-11H2,1H3,(H,16,17,18);11H,2-10H2,1H3,(H,15,16,17);10H,2-9,11H2,1H3;8H,2-7H2,1H3,(H,12,13,14)/b19-18-;17-16-;13-12-;12-11-;13-10-;9-8-. The zero-order chi connectivity index (χ0) is 85.7. The van der Waals surface area contributed by atoms with E-state index in [2.05, 4.69) is 68.1 Å². The number of carbonyl (C=O) groups excluding carboxylic acids is 12. The van der Waals surface area contributed by atoms with E-state index in [0.717, 1.165) is 148 Å². The summed E-state index contributed by atoms with van der Waals surface area (Å²) in [5.41, 5.74) is 0. The van der Waals surface area contributed by atoms with Crippen molar-refractivity contribution in [1.29, 1.82) is 0 Å². The summed E-state index contributed by atoms with van der Waals surface area (Å²) >= 11 is 6.20. The van der Waals surface area contributed by atoms with Crippen LogP contribution in [0.4, 0.5) is 24.0 Å². The first-order valence-electron chi connectivity index (χ1n) is 46.5. The van der Waals surface area contributed by atoms with Crippen molar-refractivity contribution in [3.8, 4) is 0 Å². The molecule has 117 heavy (non-hydrogen) atoms. The van der Waals surface area contributed by atoms with Crippen molar-refractivity contribution in [3.63, 3.8) is 0 Å². The van der Waals surface area contributed by atoms with Gasteiger partial charge in [-0.05, 0) is 148 Å². The molecule has 0 aromatic heterocycles. The molecule has 666 valence electrons. The lowest BCUT2D eigenvalue weighted by atomic mass is 10.0. The van der Waals surface area contributed by atoms with Crippen LogP contribution < -0.4 is 26.6 Å². The number of imide groups is 5. The third-order valence-electron chi connectivity index (χ3n) is 20.6. The number of thioether (sulfide) groups is 6. The molecule has 17 nitrogen and oxygen atoms in total. The number of ketones is 1. The molecular formula is C94H157N5O12S6. The fraction of sp³-hybridized carbons (Fsp3) is 0.745. The molecule has 10 amide bonds. The Morgan fingerprint density at radius 2 is 0.325 bits per heavy atom. The topological polar surface area (TPSA) is 265 Å². The summed E-state index contributed by atoms with van der Waals surface area (Å²) in [7, 11) is 0. The van der Waals surface area contributed by atoms with Crippen molar-refractivity contribution >= 4 is 137 Å². The number of amides is 10. The van der Waals surface area contributed by atoms with Crippen molar-refractivity contribution in [2.24, 2.45) is 0 Å². The predicted octanol–water partition coefficient (Wildman–Crippen LogP) is 30.1. The molecule has 0 radical (unpaired) electrons. The number of hydrogen-bond acceptors (Lipinski definition) is 18. The lowest BCUT2D eigenvalue weighted by Crippen LogP contribution is -2.17. The maximum Gasteiger partial charge on any atom is 0.290 e. The summed E-state index contributed by atoms with van der Waals surface area (Å²) in [6, 6.07) is 0. The van der Waals surface area contributed by atoms with Crippen molar-refractivity contribution in [2.75, 3.05) is 0 Å². The molecule has 6 aliphatic heterocycles. The van der Waals surface area contributed by atoms with Crippen molar-refractivity contribution in [1.82, 2.24) is 26.6 Å². The maximum absolute atomic E-state index is 11.4. The number of carbonyl (C=O) groups is 12. The van der Waals surface area contributed by atoms with Crippen LogP contribution in [0.2, 0.25) is 0 Å². The number of allylic oxidation sites excluding steroid dienone is 7. The van der Waals surface area contributed by atoms with Gasteiger partial charge in [-0.3, -0.25) is 84.1 Å². The van der Waals surface area contributed by atoms with Gasteiger partial charge in [0.1, 0.15) is 0 Å². The summed E-state index contributed by atoms with van der Waals surface area (Å²) < 4.78 is 0. The Hall–Kier alpha value is -4.42. The molecule has 6 saturated heterocycles. The first kappa shape index (κ1) is 111. The average molecular weight is 1740 g/mol. The van der Waals surface area contributed by atoms with Gasteiger partial charge < -0.3 is 0 Å². The number of rotatable bonds is 63. The van der Waals surface area contributed by atoms with E-state index in [-0.39, 0.29) is 73.1 Å². The van der Waals surface area contributed by atoms with Gasteiger partial charge in [0, 0.05) is 0 Å². The Morgan fingerprint density at radius 1 is 0.188 bits per heavy atom. The van der Waals surface area contributed by atoms with Gasteiger partial charge in [-0.15, -0.1) is 0 Å². The van der Waals surface area contributed by atoms with Gasteiger partial charge in [0.2, 0.25) is 5.12 Å². The Bertz CT molecular complexity index is 3000. The lowest BCUT2D eigenvalue weighted by Gasteiger charge is -2.03. The zero-order valence-corrected chi connectivity index (χ0v) is 78.5. The second kappa shape index (κ2) is 80.0. The quantitative estimate of drug-likeness (QED) is 0.0215. The highest BCUT2D eigenvalue weighted by atomic mass is 32.2. The van der Waals surface area contributed by atoms with Crippen LogP contribution in [0.3, 0.4) is 0 Å². The summed E-state index contributed by atoms with van der Waals surface area (Å²) in [6.45, 7) is 13.4. The van der Waals surface area contributed by atoms with Gasteiger partial charge in [-0.1, -0.05) is 405 Å². The van der Waals surface area contributed by atoms with Gasteiger partial charge in [-0.2, -0.15) is 0 Å². The molecule has 23 heteroatoms. The van der Waals surface area contributed by atoms with E-state index in [4.69, 9.17) is 0 Å². The van der Waals surface area contributed by atoms with Crippen molar-refractivity contribution in [2.45, 2.75) is 452 Å². The summed E-state index contributed by atoms with van der Waals surface area (Å²) in [4.78, 5) is 137. The van der Waals surface area contributed by atoms with Crippen LogP contribution in [0.5, 0.6) is 0 Å². The SMILES string of the molecule is CCCCCCC/C=C1\SC(=O)NC1=O.CCCCCCCCC/C=C1\SC(=O)CC1=O.CCCCCCCCCC/C=C1\SC(=O)NC1=O.CCCCCCCCCCC/C=C1\SC(=O)NC1=O.CCCCCCCCCCCCCCC/C=C1\SC(=O)NC1=O.CCCCCCCCCCCCCCCCC/C=C1\SC(=O)NC1=O. The first-order valence-corrected chi connectivity index (χ1v) is 51.4. The second-order valence-electron chi connectivity index (χ2n) is 31.5. The van der Waals surface area contributed by atoms with Crippen LogP contribution in [-0.4, -0.2) is 66.6 Å². The zero-order valence-electron chi connectivity index (χ0n) is 73.6. The Morgan fingerprint density at radius 3 is 0.444 bits per heavy atom. The summed E-state index contributed by atoms with van der Waals surface area (Å²) in [5.74, 6) is -1.14. The number of nitrogens with one attached hydrogen (secondary N) is 5. The van der Waals surface area contributed by atoms with E-state index < -0.39 is 0 Å². The van der Waals surface area contributed by atoms with Gasteiger partial charge in [0.15, 0.2) is 5.78 Å². The number of unbranched alkanes of at least 4 members (excludes halogenated alkanes) is 57. The van der Waals surface area contributed by atoms with E-state index >= 15 is 0 Å². The molecule has 6 aliphatic rings. The third kappa shape index (κ3) is 65.9. The predicted molar refractivity (Wildman–Crippen MR) is 501 cm³/mol. The normalized spacial score (nSPS) is 17.1. The van der Waals surface area contributed by atoms with Crippen LogP contribution in [0.15, 0.2) is 65.9 Å². The first-order chi connectivity index (χ1) is 56.9. The maximum atomic E-state index is 11.4. The van der Waals surface area contributed by atoms with E-state index in [9.17, 15) is 57.5 Å². The number of hydrogen-bond donors (Lipinski definition) is 5. The highest BCUT2D eigenvalue weighted by Gasteiger charge is 2.29. The molecular weight excluding hydrogens is 1580 g/mol. The molecule has 0 atom stereocenters. The minimum atomic E-state index is -0.253. The van der Waals surface area contributed by atoms with Crippen LogP contribution in [0.1, 0.15) is 452 Å². The fourth-order valence-corrected chi connectivity index (χ4v) is 17.8. The van der Waals surface area contributed by atoms with Gasteiger partial charge in [-0.25, -0.2) is 0 Å². The van der Waals surface area contributed by atoms with Gasteiger partial charge in [0.25, 0.3) is 55.7 Å². The average Bonchev–Trinajstić information content (AvgIpc) is 1.80. The molecule has 5 N–H and O–H groups in total. The highest BCUT2D eigenvalue weighted by molar-refractivity contribution is 8.19. The van der Waals surface area contributed by atoms with Crippen LogP contribution >= 0.6 is 70.6 Å². The van der Waals surface area contributed by atoms with Gasteiger partial charge in [0.05, 0.1) is 35.9 Å². The van der Waals surface area contributed by atoms with E-state index in [1.54, 1.807) is 0 Å². The largest absolute Gasteiger partial charge is 0.293 e. The molecule has 0 aromatic carbocycles. The highest BCUT2D eigenvalue weighted by Crippen LogP contribution is 2.32. The molecule has 0 aromatic rings. The molecule has 0 bridgehead atoms. The lowest BCUT2D eigenvalue weighted by molar-refractivity contribution is -0.120. The van der Waals surface area contributed by atoms with E-state index in [1.165, 1.54) is 327 Å². The molecule has 6 heterocycles. The van der Waals surface area contributed by atoms with Crippen molar-refractivity contribution in [3.05, 3.63) is 65.9 Å². The van der Waals surface area contributed by atoms with Crippen LogP contribution in [-0.2, 0) is 33.6 Å². The van der Waals surface area contributed by atoms with E-state index in [0.29, 0.717) is 29.4 Å². The van der Waals surface area contributed by atoms with Crippen LogP contribution in [0.25, 0.3) is 0 Å². The van der Waals surface area contributed by atoms with Gasteiger partial charge >= 0.3 is 0 Å². The van der Waals surface area contributed by atoms with Crippen LogP contribution in [0, 0.1) is 0 Å². The summed E-state index contributed by atoms with van der Waals surface area (Å²) in [6.07, 6.45) is 92.0. The Kier molecular flexibility index (Phi) is 75.6. The molecule has 0 spiro atoms. The Balaban J connectivity index is 0.000000707. The second-order valence-corrected chi connectivity index (χ2v) is 37.6. The molecule has 0 unspecified atom stereocenters. The van der Waals surface area contributed by atoms with E-state index in [1.807, 2.05) is 36.5 Å². The fourth-order valence-electron chi connectivity index (χ4n) is 13.6. The Labute approximate surface area is 734 Å². The third-order valence-corrected chi connectivity index (χ3v) is 25.9. The molecule has 6 fully saturated rings. The molecule has 6 rings (SSSR count). The summed E-state index contributed by atoms with van der Waals surface area (Å²) in [5, 5.41) is 10.1.